The first-order chi connectivity index (χ1) is 16.5. The molecule has 172 valence electrons. The van der Waals surface area contributed by atoms with Crippen molar-refractivity contribution in [2.24, 2.45) is 0 Å². The highest BCUT2D eigenvalue weighted by Gasteiger charge is 2.18. The van der Waals surface area contributed by atoms with Crippen LogP contribution in [-0.2, 0) is 4.79 Å². The van der Waals surface area contributed by atoms with Gasteiger partial charge in [-0.25, -0.2) is 0 Å². The number of nitrogens with one attached hydrogen (secondary N) is 2. The summed E-state index contributed by atoms with van der Waals surface area (Å²) in [7, 11) is 3.08. The van der Waals surface area contributed by atoms with Gasteiger partial charge in [0, 0.05) is 17.1 Å². The Morgan fingerprint density at radius 1 is 0.882 bits per heavy atom. The number of methoxy groups -OCH3 is 2. The fourth-order valence-corrected chi connectivity index (χ4v) is 3.41. The molecule has 1 aromatic heterocycles. The number of carbonyl (C=O) groups is 2. The Balaban J connectivity index is 1.59. The highest BCUT2D eigenvalue weighted by atomic mass is 16.5. The minimum atomic E-state index is -0.584. The monoisotopic (exact) mass is 458 g/mol. The summed E-state index contributed by atoms with van der Waals surface area (Å²) in [5, 5.41) is 10.3. The molecule has 4 aromatic rings. The third kappa shape index (κ3) is 4.73. The maximum absolute atomic E-state index is 13.0. The Hall–Kier alpha value is -4.66. The Labute approximate surface area is 194 Å². The lowest BCUT2D eigenvalue weighted by atomic mass is 10.1. The molecule has 34 heavy (non-hydrogen) atoms. The van der Waals surface area contributed by atoms with E-state index in [0.717, 1.165) is 4.68 Å². The lowest BCUT2D eigenvalue weighted by Crippen LogP contribution is -2.35. The van der Waals surface area contributed by atoms with E-state index in [1.807, 2.05) is 0 Å². The second-order valence-electron chi connectivity index (χ2n) is 7.27. The average Bonchev–Trinajstić information content (AvgIpc) is 2.88. The molecule has 0 aliphatic rings. The Bertz CT molecular complexity index is 1410. The van der Waals surface area contributed by atoms with E-state index >= 15 is 0 Å². The van der Waals surface area contributed by atoms with Gasteiger partial charge in [-0.2, -0.15) is 9.78 Å². The van der Waals surface area contributed by atoms with Gasteiger partial charge in [0.25, 0.3) is 11.5 Å². The van der Waals surface area contributed by atoms with Crippen molar-refractivity contribution in [3.63, 3.8) is 0 Å². The van der Waals surface area contributed by atoms with Crippen LogP contribution in [0.4, 0.5) is 5.69 Å². The molecule has 0 aliphatic heterocycles. The molecule has 1 heterocycles. The summed E-state index contributed by atoms with van der Waals surface area (Å²) in [6, 6.07) is 20.3. The lowest BCUT2D eigenvalue weighted by Gasteiger charge is -2.12. The molecule has 9 nitrogen and oxygen atoms in total. The third-order valence-corrected chi connectivity index (χ3v) is 5.10. The third-order valence-electron chi connectivity index (χ3n) is 5.10. The molecule has 9 heteroatoms. The molecule has 3 aromatic carbocycles. The van der Waals surface area contributed by atoms with Gasteiger partial charge in [0.15, 0.2) is 5.69 Å². The van der Waals surface area contributed by atoms with Gasteiger partial charge in [0.2, 0.25) is 5.91 Å². The molecule has 0 spiro atoms. The number of benzene rings is 3. The fraction of sp³-hybridized carbons (Fsp3) is 0.120. The van der Waals surface area contributed by atoms with Crippen LogP contribution >= 0.6 is 0 Å². The van der Waals surface area contributed by atoms with Gasteiger partial charge in [-0.15, -0.1) is 0 Å². The Morgan fingerprint density at radius 2 is 1.59 bits per heavy atom. The van der Waals surface area contributed by atoms with Gasteiger partial charge in [0.05, 0.1) is 31.8 Å². The molecule has 0 atom stereocenters. The van der Waals surface area contributed by atoms with Crippen LogP contribution in [-0.4, -0.2) is 42.4 Å². The molecule has 0 bridgehead atoms. The normalized spacial score (nSPS) is 10.5. The summed E-state index contributed by atoms with van der Waals surface area (Å²) in [4.78, 5) is 38.4. The smallest absolute Gasteiger partial charge is 0.279 e. The van der Waals surface area contributed by atoms with Crippen LogP contribution in [0.3, 0.4) is 0 Å². The molecule has 0 unspecified atom stereocenters. The molecule has 4 rings (SSSR count). The number of anilines is 1. The van der Waals surface area contributed by atoms with Crippen LogP contribution in [0.1, 0.15) is 10.5 Å². The van der Waals surface area contributed by atoms with E-state index in [9.17, 15) is 14.4 Å². The number of fused-ring (bicyclic) bond motifs is 1. The zero-order chi connectivity index (χ0) is 24.1. The number of amides is 2. The van der Waals surface area contributed by atoms with E-state index < -0.39 is 11.8 Å². The Kier molecular flexibility index (Phi) is 6.54. The SMILES string of the molecule is COc1ccc(-n2nc(C(=O)NCC(=O)Nc3cccc(OC)c3)c3ccccc3c2=O)cc1. The van der Waals surface area contributed by atoms with E-state index in [2.05, 4.69) is 15.7 Å². The van der Waals surface area contributed by atoms with Crippen molar-refractivity contribution in [1.82, 2.24) is 15.1 Å². The molecule has 0 radical (unpaired) electrons. The molecule has 0 aliphatic carbocycles. The van der Waals surface area contributed by atoms with Crippen LogP contribution < -0.4 is 25.7 Å². The Morgan fingerprint density at radius 3 is 2.29 bits per heavy atom. The average molecular weight is 458 g/mol. The molecule has 0 saturated carbocycles. The van der Waals surface area contributed by atoms with Gasteiger partial charge >= 0.3 is 0 Å². The van der Waals surface area contributed by atoms with E-state index in [-0.39, 0.29) is 17.8 Å². The summed E-state index contributed by atoms with van der Waals surface area (Å²) >= 11 is 0. The summed E-state index contributed by atoms with van der Waals surface area (Å²) in [6.07, 6.45) is 0. The minimum absolute atomic E-state index is 0.0280. The maximum Gasteiger partial charge on any atom is 0.279 e. The van der Waals surface area contributed by atoms with E-state index in [1.165, 1.54) is 7.11 Å². The first kappa shape index (κ1) is 22.5. The van der Waals surface area contributed by atoms with Crippen LogP contribution in [0.5, 0.6) is 11.5 Å². The van der Waals surface area contributed by atoms with Gasteiger partial charge in [-0.3, -0.25) is 14.4 Å². The number of carbonyl (C=O) groups excluding carboxylic acids is 2. The van der Waals surface area contributed by atoms with Crippen molar-refractivity contribution in [3.8, 4) is 17.2 Å². The van der Waals surface area contributed by atoms with E-state index in [4.69, 9.17) is 9.47 Å². The molecule has 0 saturated heterocycles. The first-order valence-corrected chi connectivity index (χ1v) is 10.4. The molecule has 2 amide bonds. The second-order valence-corrected chi connectivity index (χ2v) is 7.27. The van der Waals surface area contributed by atoms with Crippen LogP contribution in [0, 0.1) is 0 Å². The van der Waals surface area contributed by atoms with Crippen molar-refractivity contribution in [2.75, 3.05) is 26.1 Å². The van der Waals surface area contributed by atoms with Crippen molar-refractivity contribution < 1.29 is 19.1 Å². The van der Waals surface area contributed by atoms with Gasteiger partial charge in [0.1, 0.15) is 11.5 Å². The van der Waals surface area contributed by atoms with E-state index in [0.29, 0.717) is 33.6 Å². The zero-order valence-corrected chi connectivity index (χ0v) is 18.6. The summed E-state index contributed by atoms with van der Waals surface area (Å²) in [5.41, 5.74) is 0.671. The van der Waals surface area contributed by atoms with Gasteiger partial charge in [-0.1, -0.05) is 24.3 Å². The lowest BCUT2D eigenvalue weighted by molar-refractivity contribution is -0.115. The fourth-order valence-electron chi connectivity index (χ4n) is 3.41. The quantitative estimate of drug-likeness (QED) is 0.441. The predicted molar refractivity (Wildman–Crippen MR) is 128 cm³/mol. The molecular weight excluding hydrogens is 436 g/mol. The van der Waals surface area contributed by atoms with Crippen molar-refractivity contribution in [2.45, 2.75) is 0 Å². The highest BCUT2D eigenvalue weighted by molar-refractivity contribution is 6.06. The number of hydrogen-bond donors (Lipinski definition) is 2. The van der Waals surface area contributed by atoms with Crippen LogP contribution in [0.15, 0.2) is 77.6 Å². The maximum atomic E-state index is 13.0. The number of ether oxygens (including phenoxy) is 2. The topological polar surface area (TPSA) is 112 Å². The van der Waals surface area contributed by atoms with Crippen molar-refractivity contribution >= 4 is 28.3 Å². The van der Waals surface area contributed by atoms with Crippen molar-refractivity contribution in [1.29, 1.82) is 0 Å². The van der Waals surface area contributed by atoms with Crippen LogP contribution in [0.25, 0.3) is 16.5 Å². The largest absolute Gasteiger partial charge is 0.497 e. The number of hydrogen-bond acceptors (Lipinski definition) is 6. The summed E-state index contributed by atoms with van der Waals surface area (Å²) < 4.78 is 11.5. The van der Waals surface area contributed by atoms with Gasteiger partial charge in [-0.05, 0) is 42.5 Å². The van der Waals surface area contributed by atoms with Crippen molar-refractivity contribution in [3.05, 3.63) is 88.8 Å². The summed E-state index contributed by atoms with van der Waals surface area (Å²) in [5.74, 6) is 0.213. The summed E-state index contributed by atoms with van der Waals surface area (Å²) in [6.45, 7) is -0.284. The first-order valence-electron chi connectivity index (χ1n) is 10.4. The molecule has 2 N–H and O–H groups in total. The van der Waals surface area contributed by atoms with E-state index in [1.54, 1.807) is 79.9 Å². The minimum Gasteiger partial charge on any atom is -0.497 e. The standard InChI is InChI=1S/C25H22N4O5/c1-33-18-12-10-17(11-13-18)29-25(32)21-9-4-3-8-20(21)23(28-29)24(31)26-15-22(30)27-16-6-5-7-19(14-16)34-2/h3-14H,15H2,1-2H3,(H,26,31)(H,27,30). The predicted octanol–water partition coefficient (Wildman–Crippen LogP) is 2.77. The number of rotatable bonds is 7. The zero-order valence-electron chi connectivity index (χ0n) is 18.6. The second kappa shape index (κ2) is 9.86. The number of nitrogens with zero attached hydrogens (tertiary/aromatic N) is 2. The molecular formula is C25H22N4O5. The molecule has 0 fully saturated rings. The highest BCUT2D eigenvalue weighted by Crippen LogP contribution is 2.18. The van der Waals surface area contributed by atoms with Crippen LogP contribution in [0.2, 0.25) is 0 Å². The number of aromatic nitrogens is 2. The van der Waals surface area contributed by atoms with Gasteiger partial charge < -0.3 is 20.1 Å².